The number of hydrogen-bond acceptors (Lipinski definition) is 3. The van der Waals surface area contributed by atoms with Crippen molar-refractivity contribution in [1.29, 1.82) is 0 Å². The highest BCUT2D eigenvalue weighted by atomic mass is 35.5. The number of benzene rings is 2. The Labute approximate surface area is 183 Å². The van der Waals surface area contributed by atoms with Crippen LogP contribution >= 0.6 is 11.6 Å². The van der Waals surface area contributed by atoms with E-state index < -0.39 is 0 Å². The number of carbonyl (C=O) groups is 1. The van der Waals surface area contributed by atoms with Gasteiger partial charge >= 0.3 is 5.69 Å². The average molecular weight is 436 g/mol. The molecule has 0 unspecified atom stereocenters. The molecule has 2 aromatic heterocycles. The molecule has 2 N–H and O–H groups in total. The second-order valence-corrected chi connectivity index (χ2v) is 8.27. The van der Waals surface area contributed by atoms with E-state index in [4.69, 9.17) is 11.6 Å². The first-order chi connectivity index (χ1) is 15.1. The Morgan fingerprint density at radius 3 is 2.71 bits per heavy atom. The van der Waals surface area contributed by atoms with E-state index in [0.29, 0.717) is 23.8 Å². The predicted molar refractivity (Wildman–Crippen MR) is 120 cm³/mol. The monoisotopic (exact) mass is 435 g/mol. The smallest absolute Gasteiger partial charge is 0.346 e. The lowest BCUT2D eigenvalue weighted by Crippen LogP contribution is -2.34. The zero-order valence-corrected chi connectivity index (χ0v) is 17.6. The summed E-state index contributed by atoms with van der Waals surface area (Å²) in [5.41, 5.74) is 2.79. The maximum absolute atomic E-state index is 12.9. The van der Waals surface area contributed by atoms with Gasteiger partial charge in [-0.3, -0.25) is 9.36 Å². The molecule has 7 nitrogen and oxygen atoms in total. The summed E-state index contributed by atoms with van der Waals surface area (Å²) in [6, 6.07) is 15.5. The number of rotatable bonds is 7. The zero-order chi connectivity index (χ0) is 21.4. The van der Waals surface area contributed by atoms with Crippen LogP contribution in [0.4, 0.5) is 0 Å². The Morgan fingerprint density at radius 2 is 1.94 bits per heavy atom. The first kappa shape index (κ1) is 19.6. The van der Waals surface area contributed by atoms with Crippen LogP contribution in [0, 0.1) is 0 Å². The topological polar surface area (TPSA) is 84.7 Å². The molecule has 0 bridgehead atoms. The van der Waals surface area contributed by atoms with Gasteiger partial charge in [-0.1, -0.05) is 29.8 Å². The minimum absolute atomic E-state index is 0.104. The van der Waals surface area contributed by atoms with Crippen LogP contribution in [-0.4, -0.2) is 31.8 Å². The summed E-state index contributed by atoms with van der Waals surface area (Å²) in [5, 5.41) is 9.15. The van der Waals surface area contributed by atoms with Crippen molar-refractivity contribution in [3.8, 4) is 11.4 Å². The van der Waals surface area contributed by atoms with Gasteiger partial charge in [-0.25, -0.2) is 9.48 Å². The molecule has 2 heterocycles. The van der Waals surface area contributed by atoms with Crippen molar-refractivity contribution in [3.05, 3.63) is 75.8 Å². The standard InChI is InChI=1S/C23H22ClN5O2/c24-17-7-5-15(6-8-17)22-27-28(23(31)29(22)18-9-10-18)14-21(30)25-12-11-16-13-26-20-4-2-1-3-19(16)20/h1-8,13,18,26H,9-12,14H2,(H,25,30). The van der Waals surface area contributed by atoms with Gasteiger partial charge < -0.3 is 10.3 Å². The second-order valence-electron chi connectivity index (χ2n) is 7.83. The molecule has 1 aliphatic carbocycles. The highest BCUT2D eigenvalue weighted by Crippen LogP contribution is 2.36. The van der Waals surface area contributed by atoms with Gasteiger partial charge in [-0.2, -0.15) is 0 Å². The molecule has 158 valence electrons. The van der Waals surface area contributed by atoms with E-state index in [9.17, 15) is 9.59 Å². The highest BCUT2D eigenvalue weighted by Gasteiger charge is 2.30. The summed E-state index contributed by atoms with van der Waals surface area (Å²) < 4.78 is 2.95. The predicted octanol–water partition coefficient (Wildman–Crippen LogP) is 3.54. The van der Waals surface area contributed by atoms with Crippen LogP contribution in [0.2, 0.25) is 5.02 Å². The Hall–Kier alpha value is -3.32. The maximum Gasteiger partial charge on any atom is 0.346 e. The summed E-state index contributed by atoms with van der Waals surface area (Å²) in [6.07, 6.45) is 4.57. The van der Waals surface area contributed by atoms with E-state index in [1.807, 2.05) is 36.5 Å². The summed E-state index contributed by atoms with van der Waals surface area (Å²) in [6.45, 7) is 0.385. The van der Waals surface area contributed by atoms with Crippen molar-refractivity contribution in [2.45, 2.75) is 31.8 Å². The van der Waals surface area contributed by atoms with Gasteiger partial charge in [0.05, 0.1) is 0 Å². The van der Waals surface area contributed by atoms with Crippen molar-refractivity contribution in [2.75, 3.05) is 6.54 Å². The van der Waals surface area contributed by atoms with Gasteiger partial charge in [-0.15, -0.1) is 5.10 Å². The third-order valence-corrected chi connectivity index (χ3v) is 5.82. The molecule has 1 aliphatic rings. The molecule has 4 aromatic rings. The first-order valence-electron chi connectivity index (χ1n) is 10.4. The van der Waals surface area contributed by atoms with Gasteiger partial charge in [0.2, 0.25) is 5.91 Å². The minimum atomic E-state index is -0.251. The van der Waals surface area contributed by atoms with Crippen molar-refractivity contribution >= 4 is 28.4 Å². The Bertz CT molecular complexity index is 1300. The van der Waals surface area contributed by atoms with E-state index in [0.717, 1.165) is 34.9 Å². The molecule has 0 saturated heterocycles. The summed E-state index contributed by atoms with van der Waals surface area (Å²) >= 11 is 5.99. The number of H-pyrrole nitrogens is 1. The number of nitrogens with one attached hydrogen (secondary N) is 2. The lowest BCUT2D eigenvalue weighted by molar-refractivity contribution is -0.121. The van der Waals surface area contributed by atoms with Gasteiger partial charge in [-0.05, 0) is 55.2 Å². The van der Waals surface area contributed by atoms with Crippen LogP contribution in [-0.2, 0) is 17.8 Å². The quantitative estimate of drug-likeness (QED) is 0.465. The molecule has 1 saturated carbocycles. The molecule has 0 aliphatic heterocycles. The summed E-state index contributed by atoms with van der Waals surface area (Å²) in [4.78, 5) is 28.6. The number of hydrogen-bond donors (Lipinski definition) is 2. The number of aromatic amines is 1. The van der Waals surface area contributed by atoms with Crippen molar-refractivity contribution in [1.82, 2.24) is 24.6 Å². The molecule has 0 atom stereocenters. The van der Waals surface area contributed by atoms with Gasteiger partial charge in [0.15, 0.2) is 5.82 Å². The molecule has 0 radical (unpaired) electrons. The Balaban J connectivity index is 1.28. The van der Waals surface area contributed by atoms with E-state index >= 15 is 0 Å². The van der Waals surface area contributed by atoms with E-state index in [-0.39, 0.29) is 24.2 Å². The van der Waals surface area contributed by atoms with Gasteiger partial charge in [0, 0.05) is 40.3 Å². The molecule has 2 aromatic carbocycles. The van der Waals surface area contributed by atoms with E-state index in [1.54, 1.807) is 16.7 Å². The normalized spacial score (nSPS) is 13.6. The minimum Gasteiger partial charge on any atom is -0.361 e. The van der Waals surface area contributed by atoms with Crippen LogP contribution in [0.3, 0.4) is 0 Å². The molecule has 1 fully saturated rings. The van der Waals surface area contributed by atoms with Crippen LogP contribution in [0.25, 0.3) is 22.3 Å². The fraction of sp³-hybridized carbons (Fsp3) is 0.261. The van der Waals surface area contributed by atoms with Crippen LogP contribution < -0.4 is 11.0 Å². The van der Waals surface area contributed by atoms with Crippen molar-refractivity contribution in [2.24, 2.45) is 0 Å². The third kappa shape index (κ3) is 4.01. The number of aromatic nitrogens is 4. The largest absolute Gasteiger partial charge is 0.361 e. The molecule has 31 heavy (non-hydrogen) atoms. The van der Waals surface area contributed by atoms with Crippen molar-refractivity contribution in [3.63, 3.8) is 0 Å². The van der Waals surface area contributed by atoms with Crippen LogP contribution in [0.15, 0.2) is 59.5 Å². The maximum atomic E-state index is 12.9. The van der Waals surface area contributed by atoms with E-state index in [1.165, 1.54) is 4.68 Å². The second kappa shape index (κ2) is 8.07. The molecule has 0 spiro atoms. The Kier molecular flexibility index (Phi) is 5.11. The number of fused-ring (bicyclic) bond motifs is 1. The molecule has 5 rings (SSSR count). The van der Waals surface area contributed by atoms with Gasteiger partial charge in [0.1, 0.15) is 6.54 Å². The number of carbonyl (C=O) groups excluding carboxylic acids is 1. The first-order valence-corrected chi connectivity index (χ1v) is 10.7. The zero-order valence-electron chi connectivity index (χ0n) is 16.8. The molecule has 1 amide bonds. The highest BCUT2D eigenvalue weighted by molar-refractivity contribution is 6.30. The SMILES string of the molecule is O=C(Cn1nc(-c2ccc(Cl)cc2)n(C2CC2)c1=O)NCCc1c[nH]c2ccccc12. The lowest BCUT2D eigenvalue weighted by atomic mass is 10.1. The Morgan fingerprint density at radius 1 is 1.16 bits per heavy atom. The third-order valence-electron chi connectivity index (χ3n) is 5.57. The summed E-state index contributed by atoms with van der Waals surface area (Å²) in [7, 11) is 0. The van der Waals surface area contributed by atoms with E-state index in [2.05, 4.69) is 21.5 Å². The number of nitrogens with zero attached hydrogens (tertiary/aromatic N) is 3. The number of halogens is 1. The fourth-order valence-corrected chi connectivity index (χ4v) is 3.97. The number of para-hydroxylation sites is 1. The van der Waals surface area contributed by atoms with Crippen LogP contribution in [0.5, 0.6) is 0 Å². The lowest BCUT2D eigenvalue weighted by Gasteiger charge is -2.04. The number of amides is 1. The average Bonchev–Trinajstić information content (AvgIpc) is 3.45. The van der Waals surface area contributed by atoms with Crippen LogP contribution in [0.1, 0.15) is 24.4 Å². The summed E-state index contributed by atoms with van der Waals surface area (Å²) in [5.74, 6) is 0.348. The molecular formula is C23H22ClN5O2. The van der Waals surface area contributed by atoms with Crippen molar-refractivity contribution < 1.29 is 4.79 Å². The fourth-order valence-electron chi connectivity index (χ4n) is 3.85. The molecule has 8 heteroatoms. The van der Waals surface area contributed by atoms with Gasteiger partial charge in [0.25, 0.3) is 0 Å². The molecular weight excluding hydrogens is 414 g/mol.